The number of carbonyl (C=O) groups excluding carboxylic acids is 1. The van der Waals surface area contributed by atoms with Crippen LogP contribution in [-0.4, -0.2) is 50.3 Å². The van der Waals surface area contributed by atoms with Gasteiger partial charge in [0, 0.05) is 44.1 Å². The zero-order valence-corrected chi connectivity index (χ0v) is 16.6. The quantitative estimate of drug-likeness (QED) is 0.676. The molecule has 0 atom stereocenters. The van der Waals surface area contributed by atoms with Crippen molar-refractivity contribution in [2.24, 2.45) is 10.7 Å². The Kier molecular flexibility index (Phi) is 6.17. The number of nitrogens with two attached hydrogens (primary N) is 1. The second-order valence-corrected chi connectivity index (χ2v) is 7.74. The molecule has 11 heteroatoms. The lowest BCUT2D eigenvalue weighted by Gasteiger charge is -2.16. The number of methoxy groups -OCH3 is 1. The number of hydrogen-bond acceptors (Lipinski definition) is 8. The highest BCUT2D eigenvalue weighted by Gasteiger charge is 2.28. The summed E-state index contributed by atoms with van der Waals surface area (Å²) in [6.45, 7) is 1.19. The molecule has 1 aliphatic rings. The largest absolute Gasteiger partial charge is 0.496 e. The summed E-state index contributed by atoms with van der Waals surface area (Å²) in [5.74, 6) is -0.504. The molecule has 0 spiro atoms. The van der Waals surface area contributed by atoms with Crippen LogP contribution in [-0.2, 0) is 21.3 Å². The van der Waals surface area contributed by atoms with Crippen LogP contribution in [0, 0.1) is 0 Å². The van der Waals surface area contributed by atoms with Gasteiger partial charge in [-0.25, -0.2) is 13.1 Å². The lowest BCUT2D eigenvalue weighted by atomic mass is 10.1. The van der Waals surface area contributed by atoms with E-state index in [1.54, 1.807) is 29.2 Å². The molecule has 0 saturated heterocycles. The van der Waals surface area contributed by atoms with Crippen LogP contribution in [0.3, 0.4) is 0 Å². The van der Waals surface area contributed by atoms with Gasteiger partial charge in [-0.2, -0.15) is 5.10 Å². The second kappa shape index (κ2) is 8.78. The summed E-state index contributed by atoms with van der Waals surface area (Å²) >= 11 is 0. The Morgan fingerprint density at radius 1 is 1.48 bits per heavy atom. The van der Waals surface area contributed by atoms with Gasteiger partial charge in [0.25, 0.3) is 15.9 Å². The molecule has 10 nitrogen and oxygen atoms in total. The summed E-state index contributed by atoms with van der Waals surface area (Å²) in [6.07, 6.45) is 4.98. The third-order valence-corrected chi connectivity index (χ3v) is 5.46. The molecular weight excluding hydrogens is 398 g/mol. The highest BCUT2D eigenvalue weighted by Crippen LogP contribution is 2.22. The van der Waals surface area contributed by atoms with E-state index in [2.05, 4.69) is 10.1 Å². The maximum atomic E-state index is 12.6. The van der Waals surface area contributed by atoms with Gasteiger partial charge in [0.15, 0.2) is 4.91 Å². The van der Waals surface area contributed by atoms with Crippen LogP contribution in [0.25, 0.3) is 0 Å². The number of hydrogen-bond donors (Lipinski definition) is 2. The maximum absolute atomic E-state index is 12.6. The summed E-state index contributed by atoms with van der Waals surface area (Å²) in [4.78, 5) is 16.2. The van der Waals surface area contributed by atoms with E-state index in [9.17, 15) is 13.2 Å². The lowest BCUT2D eigenvalue weighted by molar-refractivity contribution is 0.0981. The molecule has 3 N–H and O–H groups in total. The molecule has 0 radical (unpaired) electrons. The minimum atomic E-state index is -4.26. The van der Waals surface area contributed by atoms with Crippen molar-refractivity contribution in [3.05, 3.63) is 58.9 Å². The fourth-order valence-corrected chi connectivity index (χ4v) is 3.71. The lowest BCUT2D eigenvalue weighted by Crippen LogP contribution is -2.35. The highest BCUT2D eigenvalue weighted by atomic mass is 32.2. The van der Waals surface area contributed by atoms with Crippen molar-refractivity contribution in [3.63, 3.8) is 0 Å². The molecule has 156 valence electrons. The number of aromatic nitrogens is 2. The van der Waals surface area contributed by atoms with E-state index in [0.29, 0.717) is 31.9 Å². The summed E-state index contributed by atoms with van der Waals surface area (Å²) in [7, 11) is -2.80. The number of carbonyl (C=O) groups is 1. The number of amides is 1. The molecule has 0 bridgehead atoms. The van der Waals surface area contributed by atoms with Gasteiger partial charge in [0.2, 0.25) is 5.90 Å². The highest BCUT2D eigenvalue weighted by molar-refractivity contribution is 7.94. The van der Waals surface area contributed by atoms with E-state index < -0.39 is 15.9 Å². The van der Waals surface area contributed by atoms with E-state index in [-0.39, 0.29) is 17.8 Å². The minimum Gasteiger partial charge on any atom is -0.496 e. The molecular formula is C18H23N5O5S. The van der Waals surface area contributed by atoms with E-state index >= 15 is 0 Å². The average Bonchev–Trinajstić information content (AvgIpc) is 3.22. The summed E-state index contributed by atoms with van der Waals surface area (Å²) < 4.78 is 39.5. The first kappa shape index (κ1) is 20.4. The number of aliphatic imine (C=N–C) groups is 1. The van der Waals surface area contributed by atoms with Crippen LogP contribution >= 0.6 is 0 Å². The predicted molar refractivity (Wildman–Crippen MR) is 108 cm³/mol. The van der Waals surface area contributed by atoms with Crippen LogP contribution in [0.1, 0.15) is 23.8 Å². The Morgan fingerprint density at radius 2 is 2.31 bits per heavy atom. The van der Waals surface area contributed by atoms with Crippen molar-refractivity contribution in [2.75, 3.05) is 20.3 Å². The molecule has 0 unspecified atom stereocenters. The van der Waals surface area contributed by atoms with Crippen LogP contribution in [0.2, 0.25) is 0 Å². The molecule has 0 saturated carbocycles. The van der Waals surface area contributed by atoms with Crippen molar-refractivity contribution in [1.29, 1.82) is 0 Å². The standard InChI is InChI=1S/C18H21N5O5S.H2/c1-27-15-10-13(4-5-14(15)12-23-8-2-7-21-23)17(24)22-29(25,26)16(11-19)18-20-6-3-9-28-18;/h2,4-5,7-8,10-11H,3,6,9,12,19H2,1H3,(H,22,24);1H/b16-11+;. The molecule has 1 amide bonds. The second-order valence-electron chi connectivity index (χ2n) is 6.08. The molecule has 1 aliphatic heterocycles. The van der Waals surface area contributed by atoms with Crippen molar-refractivity contribution >= 4 is 21.8 Å². The Labute approximate surface area is 169 Å². The summed E-state index contributed by atoms with van der Waals surface area (Å²) in [6, 6.07) is 6.44. The van der Waals surface area contributed by atoms with Crippen LogP contribution in [0.5, 0.6) is 5.75 Å². The molecule has 3 rings (SSSR count). The zero-order valence-electron chi connectivity index (χ0n) is 15.7. The van der Waals surface area contributed by atoms with E-state index in [4.69, 9.17) is 15.2 Å². The molecule has 1 aromatic heterocycles. The smallest absolute Gasteiger partial charge is 0.271 e. The van der Waals surface area contributed by atoms with Gasteiger partial charge in [0.1, 0.15) is 5.75 Å². The summed E-state index contributed by atoms with van der Waals surface area (Å²) in [5.41, 5.74) is 6.34. The predicted octanol–water partition coefficient (Wildman–Crippen LogP) is 0.865. The van der Waals surface area contributed by atoms with E-state index in [1.165, 1.54) is 19.2 Å². The van der Waals surface area contributed by atoms with Gasteiger partial charge in [-0.3, -0.25) is 14.5 Å². The molecule has 0 fully saturated rings. The van der Waals surface area contributed by atoms with Gasteiger partial charge in [0.05, 0.1) is 20.3 Å². The topological polar surface area (TPSA) is 138 Å². The maximum Gasteiger partial charge on any atom is 0.271 e. The Hall–Kier alpha value is -3.34. The number of benzene rings is 1. The van der Waals surface area contributed by atoms with Gasteiger partial charge in [-0.05, 0) is 18.2 Å². The van der Waals surface area contributed by atoms with Crippen molar-refractivity contribution in [2.45, 2.75) is 13.0 Å². The van der Waals surface area contributed by atoms with E-state index in [1.807, 2.05) is 4.72 Å². The number of nitrogens with zero attached hydrogens (tertiary/aromatic N) is 3. The van der Waals surface area contributed by atoms with Crippen molar-refractivity contribution in [3.8, 4) is 5.75 Å². The van der Waals surface area contributed by atoms with Crippen molar-refractivity contribution in [1.82, 2.24) is 14.5 Å². The fraction of sp³-hybridized carbons (Fsp3) is 0.278. The third-order valence-electron chi connectivity index (χ3n) is 4.12. The number of nitrogens with one attached hydrogen (secondary N) is 1. The number of rotatable bonds is 7. The molecule has 29 heavy (non-hydrogen) atoms. The van der Waals surface area contributed by atoms with Gasteiger partial charge < -0.3 is 15.2 Å². The summed E-state index contributed by atoms with van der Waals surface area (Å²) in [5, 5.41) is 4.13. The van der Waals surface area contributed by atoms with Crippen LogP contribution in [0.4, 0.5) is 0 Å². The molecule has 2 aromatic rings. The first-order valence-corrected chi connectivity index (χ1v) is 10.2. The normalized spacial score (nSPS) is 14.7. The van der Waals surface area contributed by atoms with Gasteiger partial charge >= 0.3 is 0 Å². The Morgan fingerprint density at radius 3 is 2.93 bits per heavy atom. The fourth-order valence-electron chi connectivity index (χ4n) is 2.71. The van der Waals surface area contributed by atoms with Crippen molar-refractivity contribution < 1.29 is 24.1 Å². The van der Waals surface area contributed by atoms with Gasteiger partial charge in [-0.1, -0.05) is 6.07 Å². The number of sulfonamides is 1. The first-order chi connectivity index (χ1) is 13.9. The van der Waals surface area contributed by atoms with Crippen LogP contribution in [0.15, 0.2) is 52.8 Å². The third kappa shape index (κ3) is 4.74. The van der Waals surface area contributed by atoms with Crippen LogP contribution < -0.4 is 15.2 Å². The monoisotopic (exact) mass is 421 g/mol. The minimum absolute atomic E-state index is 0. The van der Waals surface area contributed by atoms with E-state index in [0.717, 1.165) is 11.8 Å². The Bertz CT molecular complexity index is 1050. The average molecular weight is 421 g/mol. The molecule has 0 aliphatic carbocycles. The SMILES string of the molecule is COc1cc(C(=O)NS(=O)(=O)/C(=C/N)C2=NCCCO2)ccc1Cn1cccn1.[HH]. The molecule has 1 aromatic carbocycles. The molecule has 2 heterocycles. The Balaban J connectivity index is 0.00000320. The first-order valence-electron chi connectivity index (χ1n) is 8.75. The zero-order chi connectivity index (χ0) is 20.9. The van der Waals surface area contributed by atoms with Gasteiger partial charge in [-0.15, -0.1) is 0 Å². The number of ether oxygens (including phenoxy) is 2.